The van der Waals surface area contributed by atoms with Gasteiger partial charge in [0.25, 0.3) is 0 Å². The molecule has 1 atom stereocenters. The summed E-state index contributed by atoms with van der Waals surface area (Å²) in [5.74, 6) is 0.728. The first kappa shape index (κ1) is 21.3. The second kappa shape index (κ2) is 11.7. The molecule has 0 aromatic heterocycles. The summed E-state index contributed by atoms with van der Waals surface area (Å²) < 4.78 is 10.1. The maximum absolute atomic E-state index is 12.1. The van der Waals surface area contributed by atoms with Crippen LogP contribution in [-0.2, 0) is 20.9 Å². The van der Waals surface area contributed by atoms with Crippen molar-refractivity contribution in [2.75, 3.05) is 26.8 Å². The van der Waals surface area contributed by atoms with E-state index in [-0.39, 0.29) is 30.2 Å². The maximum atomic E-state index is 12.1. The quantitative estimate of drug-likeness (QED) is 0.541. The number of carbonyl (C=O) groups is 2. The Bertz CT molecular complexity index is 530. The molecule has 140 valence electrons. The molecule has 1 aromatic carbocycles. The summed E-state index contributed by atoms with van der Waals surface area (Å²) in [5.41, 5.74) is 1.04. The lowest BCUT2D eigenvalue weighted by Crippen LogP contribution is -2.40. The standard InChI is InChI=1S/C18H26N2O4.ClH/c1-23-17(21)5-3-11-24-16-8-6-14(7-9-16)12-20-18(22)15-4-2-10-19-13-15;/h6-9,15,19H,2-5,10-13H2,1H3,(H,20,22);1H. The fourth-order valence-corrected chi connectivity index (χ4v) is 2.62. The normalized spacial score (nSPS) is 16.4. The third-order valence-corrected chi connectivity index (χ3v) is 4.08. The van der Waals surface area contributed by atoms with E-state index < -0.39 is 0 Å². The van der Waals surface area contributed by atoms with Gasteiger partial charge >= 0.3 is 5.97 Å². The first-order chi connectivity index (χ1) is 11.7. The number of benzene rings is 1. The van der Waals surface area contributed by atoms with E-state index in [4.69, 9.17) is 4.74 Å². The zero-order valence-corrected chi connectivity index (χ0v) is 15.4. The maximum Gasteiger partial charge on any atom is 0.305 e. The fraction of sp³-hybridized carbons (Fsp3) is 0.556. The Kier molecular flexibility index (Phi) is 9.96. The van der Waals surface area contributed by atoms with Crippen LogP contribution in [0.4, 0.5) is 0 Å². The second-order valence-electron chi connectivity index (χ2n) is 5.93. The van der Waals surface area contributed by atoms with Gasteiger partial charge in [-0.2, -0.15) is 0 Å². The molecule has 0 bridgehead atoms. The minimum Gasteiger partial charge on any atom is -0.494 e. The molecule has 1 aromatic rings. The summed E-state index contributed by atoms with van der Waals surface area (Å²) in [6, 6.07) is 7.63. The summed E-state index contributed by atoms with van der Waals surface area (Å²) in [4.78, 5) is 23.1. The number of piperidine rings is 1. The molecule has 1 saturated heterocycles. The third-order valence-electron chi connectivity index (χ3n) is 4.08. The number of rotatable bonds is 8. The number of hydrogen-bond acceptors (Lipinski definition) is 5. The Morgan fingerprint density at radius 1 is 1.28 bits per heavy atom. The minimum atomic E-state index is -0.224. The van der Waals surface area contributed by atoms with Crippen molar-refractivity contribution in [1.29, 1.82) is 0 Å². The van der Waals surface area contributed by atoms with Crippen LogP contribution in [0.3, 0.4) is 0 Å². The zero-order chi connectivity index (χ0) is 17.2. The molecule has 0 aliphatic carbocycles. The molecule has 1 unspecified atom stereocenters. The van der Waals surface area contributed by atoms with Gasteiger partial charge in [-0.15, -0.1) is 12.4 Å². The lowest BCUT2D eigenvalue weighted by atomic mass is 9.99. The van der Waals surface area contributed by atoms with Crippen molar-refractivity contribution in [1.82, 2.24) is 10.6 Å². The summed E-state index contributed by atoms with van der Waals surface area (Å²) >= 11 is 0. The first-order valence-corrected chi connectivity index (χ1v) is 8.46. The molecule has 0 spiro atoms. The molecule has 1 heterocycles. The number of carbonyl (C=O) groups excluding carboxylic acids is 2. The highest BCUT2D eigenvalue weighted by Crippen LogP contribution is 2.14. The fourth-order valence-electron chi connectivity index (χ4n) is 2.62. The summed E-state index contributed by atoms with van der Waals surface area (Å²) in [6.45, 7) is 2.77. The van der Waals surface area contributed by atoms with Gasteiger partial charge in [0.05, 0.1) is 19.6 Å². The van der Waals surface area contributed by atoms with Crippen molar-refractivity contribution in [3.05, 3.63) is 29.8 Å². The lowest BCUT2D eigenvalue weighted by Gasteiger charge is -2.21. The van der Waals surface area contributed by atoms with Crippen LogP contribution in [0.15, 0.2) is 24.3 Å². The molecule has 1 fully saturated rings. The Labute approximate surface area is 155 Å². The molecule has 1 aliphatic rings. The van der Waals surface area contributed by atoms with Gasteiger partial charge in [-0.3, -0.25) is 9.59 Å². The predicted molar refractivity (Wildman–Crippen MR) is 97.9 cm³/mol. The highest BCUT2D eigenvalue weighted by Gasteiger charge is 2.20. The van der Waals surface area contributed by atoms with Crippen molar-refractivity contribution < 1.29 is 19.1 Å². The van der Waals surface area contributed by atoms with Gasteiger partial charge in [0.15, 0.2) is 0 Å². The first-order valence-electron chi connectivity index (χ1n) is 8.46. The van der Waals surface area contributed by atoms with E-state index in [9.17, 15) is 9.59 Å². The zero-order valence-electron chi connectivity index (χ0n) is 14.6. The summed E-state index contributed by atoms with van der Waals surface area (Å²) in [7, 11) is 1.38. The van der Waals surface area contributed by atoms with E-state index in [1.807, 2.05) is 24.3 Å². The predicted octanol–water partition coefficient (Wildman–Crippen LogP) is 2.06. The smallest absolute Gasteiger partial charge is 0.305 e. The number of nitrogens with one attached hydrogen (secondary N) is 2. The van der Waals surface area contributed by atoms with E-state index in [2.05, 4.69) is 15.4 Å². The number of methoxy groups -OCH3 is 1. The Balaban J connectivity index is 0.00000312. The number of halogens is 1. The van der Waals surface area contributed by atoms with Crippen molar-refractivity contribution in [2.45, 2.75) is 32.2 Å². The second-order valence-corrected chi connectivity index (χ2v) is 5.93. The molecule has 0 radical (unpaired) electrons. The van der Waals surface area contributed by atoms with E-state index >= 15 is 0 Å². The minimum absolute atomic E-state index is 0. The topological polar surface area (TPSA) is 76.7 Å². The average molecular weight is 371 g/mol. The van der Waals surface area contributed by atoms with Crippen LogP contribution in [0.5, 0.6) is 5.75 Å². The highest BCUT2D eigenvalue weighted by molar-refractivity contribution is 5.85. The average Bonchev–Trinajstić information content (AvgIpc) is 2.64. The van der Waals surface area contributed by atoms with Crippen LogP contribution in [0.2, 0.25) is 0 Å². The van der Waals surface area contributed by atoms with Gasteiger partial charge in [-0.05, 0) is 43.5 Å². The number of hydrogen-bond donors (Lipinski definition) is 2. The van der Waals surface area contributed by atoms with Crippen molar-refractivity contribution in [3.63, 3.8) is 0 Å². The molecule has 7 heteroatoms. The molecule has 2 N–H and O–H groups in total. The lowest BCUT2D eigenvalue weighted by molar-refractivity contribution is -0.140. The van der Waals surface area contributed by atoms with Gasteiger partial charge < -0.3 is 20.1 Å². The van der Waals surface area contributed by atoms with Crippen molar-refractivity contribution in [2.24, 2.45) is 5.92 Å². The third kappa shape index (κ3) is 7.75. The Hall–Kier alpha value is -1.79. The number of esters is 1. The van der Waals surface area contributed by atoms with Gasteiger partial charge in [0.1, 0.15) is 5.75 Å². The molecule has 2 rings (SSSR count). The van der Waals surface area contributed by atoms with E-state index in [0.29, 0.717) is 26.0 Å². The van der Waals surface area contributed by atoms with E-state index in [1.165, 1.54) is 7.11 Å². The summed E-state index contributed by atoms with van der Waals surface area (Å²) in [5, 5.41) is 6.24. The van der Waals surface area contributed by atoms with Crippen LogP contribution in [-0.4, -0.2) is 38.7 Å². The largest absolute Gasteiger partial charge is 0.494 e. The SMILES string of the molecule is COC(=O)CCCOc1ccc(CNC(=O)C2CCCNC2)cc1.Cl. The molecule has 1 amide bonds. The van der Waals surface area contributed by atoms with Crippen molar-refractivity contribution in [3.8, 4) is 5.75 Å². The summed E-state index contributed by atoms with van der Waals surface area (Å²) in [6.07, 6.45) is 2.99. The monoisotopic (exact) mass is 370 g/mol. The van der Waals surface area contributed by atoms with E-state index in [1.54, 1.807) is 0 Å². The van der Waals surface area contributed by atoms with Crippen LogP contribution in [0.25, 0.3) is 0 Å². The van der Waals surface area contributed by atoms with Gasteiger partial charge in [-0.1, -0.05) is 12.1 Å². The molecule has 1 aliphatic heterocycles. The molecule has 25 heavy (non-hydrogen) atoms. The Morgan fingerprint density at radius 2 is 2.04 bits per heavy atom. The van der Waals surface area contributed by atoms with Crippen LogP contribution in [0.1, 0.15) is 31.2 Å². The molecular weight excluding hydrogens is 344 g/mol. The van der Waals surface area contributed by atoms with Crippen LogP contribution >= 0.6 is 12.4 Å². The van der Waals surface area contributed by atoms with E-state index in [0.717, 1.165) is 37.2 Å². The Morgan fingerprint density at radius 3 is 2.68 bits per heavy atom. The molecule has 0 saturated carbocycles. The van der Waals surface area contributed by atoms with Gasteiger partial charge in [0.2, 0.25) is 5.91 Å². The number of amides is 1. The highest BCUT2D eigenvalue weighted by atomic mass is 35.5. The number of ether oxygens (including phenoxy) is 2. The van der Waals surface area contributed by atoms with Gasteiger partial charge in [-0.25, -0.2) is 0 Å². The molecule has 6 nitrogen and oxygen atoms in total. The van der Waals surface area contributed by atoms with Gasteiger partial charge in [0, 0.05) is 19.5 Å². The molecular formula is C18H27ClN2O4. The van der Waals surface area contributed by atoms with Crippen molar-refractivity contribution >= 4 is 24.3 Å². The van der Waals surface area contributed by atoms with Crippen LogP contribution < -0.4 is 15.4 Å². The van der Waals surface area contributed by atoms with Crippen LogP contribution in [0, 0.1) is 5.92 Å².